The highest BCUT2D eigenvalue weighted by Crippen LogP contribution is 2.54. The molecule has 3 heterocycles. The maximum atomic E-state index is 7.07. The predicted molar refractivity (Wildman–Crippen MR) is 305 cm³/mol. The third-order valence-electron chi connectivity index (χ3n) is 15.5. The molecule has 0 radical (unpaired) electrons. The van der Waals surface area contributed by atoms with E-state index >= 15 is 0 Å². The van der Waals surface area contributed by atoms with E-state index in [0.29, 0.717) is 6.67 Å². The van der Waals surface area contributed by atoms with Crippen LogP contribution in [0.5, 0.6) is 11.5 Å². The Hall–Kier alpha value is -7.11. The van der Waals surface area contributed by atoms with Crippen LogP contribution in [0.25, 0.3) is 49.9 Å². The van der Waals surface area contributed by atoms with Gasteiger partial charge in [0.1, 0.15) is 24.0 Å². The van der Waals surface area contributed by atoms with E-state index in [1.54, 1.807) is 0 Å². The minimum atomic E-state index is -0.197. The van der Waals surface area contributed by atoms with Crippen LogP contribution in [0.2, 0.25) is 0 Å². The average Bonchev–Trinajstić information content (AvgIpc) is 3.96. The summed E-state index contributed by atoms with van der Waals surface area (Å²) in [5.41, 5.74) is 19.2. The lowest BCUT2D eigenvalue weighted by Crippen LogP contribution is -2.25. The summed E-state index contributed by atoms with van der Waals surface area (Å²) in [5, 5.41) is 2.59. The molecule has 5 nitrogen and oxygen atoms in total. The van der Waals surface area contributed by atoms with Crippen molar-refractivity contribution in [1.29, 1.82) is 0 Å². The van der Waals surface area contributed by atoms with Gasteiger partial charge in [-0.2, -0.15) is 0 Å². The molecule has 0 bridgehead atoms. The summed E-state index contributed by atoms with van der Waals surface area (Å²) < 4.78 is 9.42. The highest BCUT2D eigenvalue weighted by molar-refractivity contribution is 6.16. The fourth-order valence-corrected chi connectivity index (χ4v) is 11.2. The molecule has 0 atom stereocenters. The number of ether oxygens (including phenoxy) is 1. The molecule has 9 aromatic rings. The molecule has 72 heavy (non-hydrogen) atoms. The highest BCUT2D eigenvalue weighted by Gasteiger charge is 2.38. The second-order valence-electron chi connectivity index (χ2n) is 25.1. The molecule has 0 unspecified atom stereocenters. The molecular weight excluding hydrogens is 877 g/mol. The largest absolute Gasteiger partial charge is 0.457 e. The van der Waals surface area contributed by atoms with Crippen LogP contribution in [0, 0.1) is 0 Å². The van der Waals surface area contributed by atoms with Crippen molar-refractivity contribution in [3.05, 3.63) is 191 Å². The van der Waals surface area contributed by atoms with Gasteiger partial charge in [-0.15, -0.1) is 0 Å². The van der Waals surface area contributed by atoms with Gasteiger partial charge < -0.3 is 14.5 Å². The van der Waals surface area contributed by atoms with Gasteiger partial charge >= 0.3 is 0 Å². The summed E-state index contributed by atoms with van der Waals surface area (Å²) in [6.45, 7) is 33.1. The molecule has 0 saturated heterocycles. The van der Waals surface area contributed by atoms with Crippen LogP contribution in [-0.4, -0.2) is 16.2 Å². The molecule has 2 aromatic heterocycles. The summed E-state index contributed by atoms with van der Waals surface area (Å²) in [6, 6.07) is 56.4. The summed E-state index contributed by atoms with van der Waals surface area (Å²) in [6.07, 6.45) is 1.95. The van der Waals surface area contributed by atoms with Crippen LogP contribution in [-0.2, 0) is 27.1 Å². The second kappa shape index (κ2) is 16.5. The summed E-state index contributed by atoms with van der Waals surface area (Å²) in [5.74, 6) is 2.52. The first-order valence-electron chi connectivity index (χ1n) is 25.9. The number of aromatic nitrogens is 2. The lowest BCUT2D eigenvalue weighted by atomic mass is 9.77. The van der Waals surface area contributed by atoms with Gasteiger partial charge in [-0.05, 0) is 127 Å². The van der Waals surface area contributed by atoms with Gasteiger partial charge in [-0.25, -0.2) is 4.98 Å². The van der Waals surface area contributed by atoms with Gasteiger partial charge in [0, 0.05) is 51.3 Å². The molecule has 5 heteroatoms. The Kier molecular flexibility index (Phi) is 10.8. The second-order valence-corrected chi connectivity index (χ2v) is 25.1. The van der Waals surface area contributed by atoms with Crippen molar-refractivity contribution in [2.75, 3.05) is 16.5 Å². The zero-order chi connectivity index (χ0) is 50.9. The molecule has 1 aliphatic carbocycles. The minimum absolute atomic E-state index is 0.0183. The Morgan fingerprint density at radius 3 is 1.69 bits per heavy atom. The summed E-state index contributed by atoms with van der Waals surface area (Å²) in [7, 11) is 0. The number of fused-ring (bicyclic) bond motifs is 1. The molecule has 0 saturated carbocycles. The topological polar surface area (TPSA) is 33.5 Å². The Bertz CT molecular complexity index is 3570. The van der Waals surface area contributed by atoms with Gasteiger partial charge in [0.25, 0.3) is 0 Å². The Balaban J connectivity index is 1.05. The van der Waals surface area contributed by atoms with Gasteiger partial charge in [-0.3, -0.25) is 4.57 Å². The number of nitrogens with zero attached hydrogens (tertiary/aromatic N) is 4. The molecule has 364 valence electrons. The van der Waals surface area contributed by atoms with Gasteiger partial charge in [-0.1, -0.05) is 176 Å². The van der Waals surface area contributed by atoms with E-state index in [9.17, 15) is 0 Å². The van der Waals surface area contributed by atoms with Crippen LogP contribution >= 0.6 is 0 Å². The monoisotopic (exact) mass is 947 g/mol. The van der Waals surface area contributed by atoms with Crippen molar-refractivity contribution >= 4 is 44.6 Å². The van der Waals surface area contributed by atoms with Crippen molar-refractivity contribution in [3.8, 4) is 39.6 Å². The van der Waals surface area contributed by atoms with E-state index in [-0.39, 0.29) is 27.1 Å². The third kappa shape index (κ3) is 7.97. The lowest BCUT2D eigenvalue weighted by Gasteiger charge is -2.31. The molecule has 1 aliphatic heterocycles. The number of anilines is 4. The Labute approximate surface area is 428 Å². The first-order valence-corrected chi connectivity index (χ1v) is 25.9. The molecule has 0 N–H and O–H groups in total. The maximum Gasteiger partial charge on any atom is 0.137 e. The zero-order valence-corrected chi connectivity index (χ0v) is 44.9. The third-order valence-corrected chi connectivity index (χ3v) is 15.5. The number of pyridine rings is 1. The first kappa shape index (κ1) is 47.2. The van der Waals surface area contributed by atoms with E-state index in [1.807, 2.05) is 6.20 Å². The zero-order valence-electron chi connectivity index (χ0n) is 44.9. The smallest absolute Gasteiger partial charge is 0.137 e. The SMILES string of the molecule is CC(C)(C)c1cc(-c2cc(C(C)(C)C)cc(-c3ccccc3)c2N2CN(c3cccc(Oc4cc5c6c7c(cccc7n(-c7cc(C(C)(C)C)ccn7)c6c4)C5(C)C)c3)c3ccccc32)cc(C(C)(C)C)c1. The van der Waals surface area contributed by atoms with Crippen LogP contribution in [0.4, 0.5) is 22.7 Å². The molecular formula is C67H70N4O. The van der Waals surface area contributed by atoms with Crippen LogP contribution in [0.15, 0.2) is 158 Å². The fraction of sp³-hybridized carbons (Fsp3) is 0.299. The van der Waals surface area contributed by atoms with Gasteiger partial charge in [0.15, 0.2) is 0 Å². The van der Waals surface area contributed by atoms with E-state index < -0.39 is 0 Å². The van der Waals surface area contributed by atoms with E-state index in [0.717, 1.165) is 34.2 Å². The van der Waals surface area contributed by atoms with Crippen molar-refractivity contribution in [1.82, 2.24) is 9.55 Å². The van der Waals surface area contributed by atoms with Crippen molar-refractivity contribution in [2.24, 2.45) is 0 Å². The number of benzene rings is 7. The number of para-hydroxylation sites is 2. The van der Waals surface area contributed by atoms with E-state index in [2.05, 4.69) is 263 Å². The number of hydrogen-bond donors (Lipinski definition) is 0. The highest BCUT2D eigenvalue weighted by atomic mass is 16.5. The lowest BCUT2D eigenvalue weighted by molar-refractivity contribution is 0.481. The molecule has 7 aromatic carbocycles. The fourth-order valence-electron chi connectivity index (χ4n) is 11.2. The number of hydrogen-bond acceptors (Lipinski definition) is 4. The van der Waals surface area contributed by atoms with Crippen LogP contribution in [0.1, 0.15) is 130 Å². The minimum Gasteiger partial charge on any atom is -0.457 e. The van der Waals surface area contributed by atoms with Crippen molar-refractivity contribution in [2.45, 2.75) is 124 Å². The van der Waals surface area contributed by atoms with E-state index in [1.165, 1.54) is 83.3 Å². The molecule has 0 fully saturated rings. The van der Waals surface area contributed by atoms with Crippen LogP contribution < -0.4 is 14.5 Å². The first-order chi connectivity index (χ1) is 34.0. The summed E-state index contributed by atoms with van der Waals surface area (Å²) in [4.78, 5) is 10.0. The van der Waals surface area contributed by atoms with Crippen molar-refractivity contribution in [3.63, 3.8) is 0 Å². The standard InChI is InChI=1S/C67H70N4O/c1-63(2,3)44-30-31-68-59(37-44)71-57-29-21-26-53-60(57)61-54(67(53,13)14)39-50(40-58(61)71)72-49-25-20-24-48(38-49)69-41-70(56-28-19-18-27-55(56)69)62-51(42-22-16-15-17-23-42)35-47(66(10,11)12)36-52(62)43-32-45(64(4,5)6)34-46(33-43)65(7,8)9/h15-40H,41H2,1-14H3. The Morgan fingerprint density at radius 1 is 0.458 bits per heavy atom. The summed E-state index contributed by atoms with van der Waals surface area (Å²) >= 11 is 0. The predicted octanol–water partition coefficient (Wildman–Crippen LogP) is 18.4. The molecule has 0 amide bonds. The van der Waals surface area contributed by atoms with Gasteiger partial charge in [0.05, 0.1) is 28.1 Å². The van der Waals surface area contributed by atoms with Crippen molar-refractivity contribution < 1.29 is 4.74 Å². The normalized spacial score (nSPS) is 14.5. The van der Waals surface area contributed by atoms with Gasteiger partial charge in [0.2, 0.25) is 0 Å². The average molecular weight is 947 g/mol. The number of rotatable bonds is 7. The van der Waals surface area contributed by atoms with Crippen LogP contribution in [0.3, 0.4) is 0 Å². The van der Waals surface area contributed by atoms with E-state index in [4.69, 9.17) is 9.72 Å². The quantitative estimate of drug-likeness (QED) is 0.159. The Morgan fingerprint density at radius 2 is 1.04 bits per heavy atom. The molecule has 11 rings (SSSR count). The molecule has 0 spiro atoms. The molecule has 2 aliphatic rings. The maximum absolute atomic E-state index is 7.07.